The van der Waals surface area contributed by atoms with E-state index in [0.29, 0.717) is 0 Å². The predicted molar refractivity (Wildman–Crippen MR) is 122 cm³/mol. The second-order valence-electron chi connectivity index (χ2n) is 9.70. The van der Waals surface area contributed by atoms with Crippen molar-refractivity contribution in [1.82, 2.24) is 0 Å². The molecule has 0 spiro atoms. The van der Waals surface area contributed by atoms with Crippen LogP contribution in [0.5, 0.6) is 0 Å². The summed E-state index contributed by atoms with van der Waals surface area (Å²) in [7, 11) is 0. The van der Waals surface area contributed by atoms with Gasteiger partial charge in [-0.25, -0.2) is 0 Å². The van der Waals surface area contributed by atoms with Crippen LogP contribution in [0.15, 0.2) is 0 Å². The van der Waals surface area contributed by atoms with Crippen LogP contribution in [0.1, 0.15) is 138 Å². The number of rotatable bonds is 18. The second kappa shape index (κ2) is 17.1. The van der Waals surface area contributed by atoms with Crippen molar-refractivity contribution in [2.45, 2.75) is 138 Å². The van der Waals surface area contributed by atoms with Crippen LogP contribution >= 0.6 is 0 Å². The lowest BCUT2D eigenvalue weighted by atomic mass is 9.81. The predicted octanol–water partition coefficient (Wildman–Crippen LogP) is 9.67. The summed E-state index contributed by atoms with van der Waals surface area (Å²) in [5.41, 5.74) is 0. The average Bonchev–Trinajstić information content (AvgIpc) is 2.62. The van der Waals surface area contributed by atoms with Gasteiger partial charge in [-0.15, -0.1) is 0 Å². The molecule has 0 saturated heterocycles. The Labute approximate surface area is 168 Å². The molecule has 0 aliphatic carbocycles. The van der Waals surface area contributed by atoms with Crippen molar-refractivity contribution in [2.24, 2.45) is 29.6 Å². The second-order valence-corrected chi connectivity index (χ2v) is 9.70. The highest BCUT2D eigenvalue weighted by atomic mass is 14.2. The number of hydrogen-bond acceptors (Lipinski definition) is 0. The van der Waals surface area contributed by atoms with Crippen LogP contribution in [0.25, 0.3) is 0 Å². The fourth-order valence-corrected chi connectivity index (χ4v) is 4.87. The summed E-state index contributed by atoms with van der Waals surface area (Å²) < 4.78 is 0. The monoisotopic (exact) mass is 366 g/mol. The molecule has 26 heavy (non-hydrogen) atoms. The highest BCUT2D eigenvalue weighted by Gasteiger charge is 2.17. The minimum absolute atomic E-state index is 0.922. The largest absolute Gasteiger partial charge is 0.0654 e. The first kappa shape index (κ1) is 26.0. The Kier molecular flexibility index (Phi) is 17.1. The van der Waals surface area contributed by atoms with Crippen LogP contribution in [-0.2, 0) is 0 Å². The van der Waals surface area contributed by atoms with E-state index in [1.807, 2.05) is 0 Å². The summed E-state index contributed by atoms with van der Waals surface area (Å²) in [6.45, 7) is 16.9. The molecule has 0 fully saturated rings. The molecule has 3 atom stereocenters. The van der Waals surface area contributed by atoms with Crippen molar-refractivity contribution in [3.05, 3.63) is 0 Å². The van der Waals surface area contributed by atoms with Gasteiger partial charge in [0.15, 0.2) is 0 Å². The van der Waals surface area contributed by atoms with Crippen molar-refractivity contribution >= 4 is 0 Å². The molecule has 3 unspecified atom stereocenters. The van der Waals surface area contributed by atoms with Gasteiger partial charge in [0.25, 0.3) is 0 Å². The highest BCUT2D eigenvalue weighted by molar-refractivity contribution is 4.69. The van der Waals surface area contributed by atoms with Crippen molar-refractivity contribution in [3.8, 4) is 0 Å². The average molecular weight is 367 g/mol. The first-order chi connectivity index (χ1) is 12.5. The Hall–Kier alpha value is 0. The lowest BCUT2D eigenvalue weighted by Gasteiger charge is -2.25. The molecule has 0 rings (SSSR count). The van der Waals surface area contributed by atoms with Gasteiger partial charge in [0.2, 0.25) is 0 Å². The maximum absolute atomic E-state index is 2.52. The Morgan fingerprint density at radius 1 is 0.423 bits per heavy atom. The molecule has 0 bridgehead atoms. The van der Waals surface area contributed by atoms with Gasteiger partial charge in [0, 0.05) is 0 Å². The van der Waals surface area contributed by atoms with E-state index in [0.717, 1.165) is 29.6 Å². The highest BCUT2D eigenvalue weighted by Crippen LogP contribution is 2.30. The third-order valence-corrected chi connectivity index (χ3v) is 6.85. The van der Waals surface area contributed by atoms with Gasteiger partial charge in [0.05, 0.1) is 0 Å². The first-order valence-corrected chi connectivity index (χ1v) is 12.5. The van der Waals surface area contributed by atoms with E-state index >= 15 is 0 Å². The molecule has 0 aromatic rings. The summed E-state index contributed by atoms with van der Waals surface area (Å²) in [4.78, 5) is 0. The maximum atomic E-state index is 2.52. The van der Waals surface area contributed by atoms with Crippen molar-refractivity contribution < 1.29 is 0 Å². The third-order valence-electron chi connectivity index (χ3n) is 6.85. The minimum atomic E-state index is 0.922. The van der Waals surface area contributed by atoms with E-state index in [1.165, 1.54) is 89.9 Å². The summed E-state index contributed by atoms with van der Waals surface area (Å²) in [5, 5.41) is 0. The SMILES string of the molecule is CCCC(CCC)CCC(C)CCC(C)CCC(C)C(CCC)CCC. The fourth-order valence-electron chi connectivity index (χ4n) is 4.87. The van der Waals surface area contributed by atoms with E-state index < -0.39 is 0 Å². The van der Waals surface area contributed by atoms with Crippen LogP contribution in [0, 0.1) is 29.6 Å². The quantitative estimate of drug-likeness (QED) is 0.226. The molecule has 0 aromatic heterocycles. The standard InChI is InChI=1S/C26H54/c1-8-12-25(13-9-2)21-19-23(6)17-16-22(5)18-20-24(7)26(14-10-3)15-11-4/h22-26H,8-21H2,1-7H3. The molecule has 0 aliphatic heterocycles. The van der Waals surface area contributed by atoms with Crippen molar-refractivity contribution in [3.63, 3.8) is 0 Å². The Bertz CT molecular complexity index is 270. The smallest absolute Gasteiger partial charge is 0.0389 e. The first-order valence-electron chi connectivity index (χ1n) is 12.5. The lowest BCUT2D eigenvalue weighted by molar-refractivity contribution is 0.268. The van der Waals surface area contributed by atoms with Crippen LogP contribution < -0.4 is 0 Å². The van der Waals surface area contributed by atoms with Gasteiger partial charge in [-0.3, -0.25) is 0 Å². The molecule has 0 radical (unpaired) electrons. The van der Waals surface area contributed by atoms with Gasteiger partial charge in [-0.1, -0.05) is 138 Å². The minimum Gasteiger partial charge on any atom is -0.0654 e. The van der Waals surface area contributed by atoms with E-state index in [4.69, 9.17) is 0 Å². The molecule has 158 valence electrons. The molecular formula is C26H54. The van der Waals surface area contributed by atoms with E-state index in [-0.39, 0.29) is 0 Å². The zero-order chi connectivity index (χ0) is 19.8. The Balaban J connectivity index is 3.99. The fraction of sp³-hybridized carbons (Fsp3) is 1.00. The zero-order valence-corrected chi connectivity index (χ0v) is 19.8. The van der Waals surface area contributed by atoms with Gasteiger partial charge in [0.1, 0.15) is 0 Å². The molecule has 0 aromatic carbocycles. The van der Waals surface area contributed by atoms with Crippen molar-refractivity contribution in [1.29, 1.82) is 0 Å². The summed E-state index contributed by atoms with van der Waals surface area (Å²) >= 11 is 0. The Morgan fingerprint density at radius 2 is 0.808 bits per heavy atom. The van der Waals surface area contributed by atoms with Gasteiger partial charge in [-0.2, -0.15) is 0 Å². The third kappa shape index (κ3) is 13.2. The van der Waals surface area contributed by atoms with E-state index in [9.17, 15) is 0 Å². The molecule has 0 heterocycles. The summed E-state index contributed by atoms with van der Waals surface area (Å²) in [6, 6.07) is 0. The Morgan fingerprint density at radius 3 is 1.23 bits per heavy atom. The summed E-state index contributed by atoms with van der Waals surface area (Å²) in [6.07, 6.45) is 20.0. The molecule has 0 nitrogen and oxygen atoms in total. The maximum Gasteiger partial charge on any atom is -0.0389 e. The van der Waals surface area contributed by atoms with Gasteiger partial charge in [-0.05, 0) is 29.6 Å². The normalized spacial score (nSPS) is 15.6. The molecule has 0 N–H and O–H groups in total. The van der Waals surface area contributed by atoms with Crippen LogP contribution in [-0.4, -0.2) is 0 Å². The van der Waals surface area contributed by atoms with Crippen LogP contribution in [0.4, 0.5) is 0 Å². The lowest BCUT2D eigenvalue weighted by Crippen LogP contribution is -2.13. The van der Waals surface area contributed by atoms with E-state index in [2.05, 4.69) is 48.5 Å². The molecule has 0 saturated carbocycles. The van der Waals surface area contributed by atoms with Crippen LogP contribution in [0.3, 0.4) is 0 Å². The summed E-state index contributed by atoms with van der Waals surface area (Å²) in [5.74, 6) is 4.76. The van der Waals surface area contributed by atoms with Crippen LogP contribution in [0.2, 0.25) is 0 Å². The van der Waals surface area contributed by atoms with Gasteiger partial charge >= 0.3 is 0 Å². The van der Waals surface area contributed by atoms with Gasteiger partial charge < -0.3 is 0 Å². The molecule has 0 aliphatic rings. The van der Waals surface area contributed by atoms with Crippen molar-refractivity contribution in [2.75, 3.05) is 0 Å². The zero-order valence-electron chi connectivity index (χ0n) is 19.8. The van der Waals surface area contributed by atoms with E-state index in [1.54, 1.807) is 0 Å². The topological polar surface area (TPSA) is 0 Å². The molecule has 0 amide bonds. The molecule has 0 heteroatoms. The molecular weight excluding hydrogens is 312 g/mol. The number of hydrogen-bond donors (Lipinski definition) is 0.